The average molecular weight is 252 g/mol. The van der Waals surface area contributed by atoms with E-state index in [2.05, 4.69) is 16.6 Å². The number of hydrogen-bond donors (Lipinski definition) is 2. The molecule has 1 heterocycles. The van der Waals surface area contributed by atoms with Crippen molar-refractivity contribution in [1.29, 1.82) is 0 Å². The molecule has 1 aromatic rings. The van der Waals surface area contributed by atoms with Crippen molar-refractivity contribution >= 4 is 17.7 Å². The number of carbonyl (C=O) groups excluding carboxylic acids is 1. The number of pyridine rings is 1. The van der Waals surface area contributed by atoms with Crippen molar-refractivity contribution in [3.63, 3.8) is 0 Å². The minimum Gasteiger partial charge on any atom is -0.505 e. The van der Waals surface area contributed by atoms with Gasteiger partial charge in [-0.1, -0.05) is 0 Å². The van der Waals surface area contributed by atoms with Crippen LogP contribution in [0.1, 0.15) is 29.6 Å². The molecular formula is C12H16N2O2S. The normalized spacial score (nSPS) is 23.6. The van der Waals surface area contributed by atoms with Gasteiger partial charge in [0.25, 0.3) is 5.91 Å². The molecular weight excluding hydrogens is 236 g/mol. The van der Waals surface area contributed by atoms with E-state index in [1.54, 1.807) is 0 Å². The van der Waals surface area contributed by atoms with Crippen molar-refractivity contribution in [3.8, 4) is 5.75 Å². The van der Waals surface area contributed by atoms with Gasteiger partial charge in [0.1, 0.15) is 5.75 Å². The largest absolute Gasteiger partial charge is 0.505 e. The van der Waals surface area contributed by atoms with Crippen molar-refractivity contribution in [3.05, 3.63) is 24.0 Å². The Bertz CT molecular complexity index is 411. The molecule has 0 aliphatic heterocycles. The summed E-state index contributed by atoms with van der Waals surface area (Å²) in [5.74, 6) is -0.277. The highest BCUT2D eigenvalue weighted by molar-refractivity contribution is 7.99. The molecule has 5 heteroatoms. The molecule has 1 fully saturated rings. The first-order valence-electron chi connectivity index (χ1n) is 5.67. The van der Waals surface area contributed by atoms with Crippen LogP contribution in [0.25, 0.3) is 0 Å². The summed E-state index contributed by atoms with van der Waals surface area (Å²) >= 11 is 1.85. The van der Waals surface area contributed by atoms with E-state index < -0.39 is 0 Å². The molecule has 17 heavy (non-hydrogen) atoms. The molecule has 0 radical (unpaired) electrons. The van der Waals surface area contributed by atoms with Gasteiger partial charge in [-0.15, -0.1) is 0 Å². The number of thioether (sulfide) groups is 1. The van der Waals surface area contributed by atoms with Crippen LogP contribution in [0.2, 0.25) is 0 Å². The summed E-state index contributed by atoms with van der Waals surface area (Å²) < 4.78 is 0. The molecule has 2 N–H and O–H groups in total. The molecule has 4 nitrogen and oxygen atoms in total. The zero-order chi connectivity index (χ0) is 12.3. The molecule has 1 saturated carbocycles. The Balaban J connectivity index is 1.96. The van der Waals surface area contributed by atoms with Crippen molar-refractivity contribution in [2.45, 2.75) is 30.6 Å². The molecule has 0 spiro atoms. The van der Waals surface area contributed by atoms with Gasteiger partial charge in [-0.2, -0.15) is 11.8 Å². The third kappa shape index (κ3) is 2.91. The summed E-state index contributed by atoms with van der Waals surface area (Å²) in [6.45, 7) is 0. The van der Waals surface area contributed by atoms with Crippen LogP contribution in [-0.2, 0) is 0 Å². The van der Waals surface area contributed by atoms with E-state index in [0.29, 0.717) is 10.8 Å². The Kier molecular flexibility index (Phi) is 3.89. The second-order valence-electron chi connectivity index (χ2n) is 4.23. The average Bonchev–Trinajstić information content (AvgIpc) is 2.77. The van der Waals surface area contributed by atoms with E-state index in [0.717, 1.165) is 19.3 Å². The fourth-order valence-electron chi connectivity index (χ4n) is 2.13. The third-order valence-electron chi connectivity index (χ3n) is 3.10. The molecule has 0 saturated heterocycles. The fraction of sp³-hybridized carbons (Fsp3) is 0.500. The van der Waals surface area contributed by atoms with Crippen molar-refractivity contribution in [1.82, 2.24) is 10.3 Å². The highest BCUT2D eigenvalue weighted by Crippen LogP contribution is 2.28. The molecule has 1 aliphatic carbocycles. The number of nitrogens with one attached hydrogen (secondary N) is 1. The van der Waals surface area contributed by atoms with Crippen molar-refractivity contribution in [2.24, 2.45) is 0 Å². The zero-order valence-electron chi connectivity index (χ0n) is 9.72. The lowest BCUT2D eigenvalue weighted by molar-refractivity contribution is 0.0935. The monoisotopic (exact) mass is 252 g/mol. The topological polar surface area (TPSA) is 62.2 Å². The summed E-state index contributed by atoms with van der Waals surface area (Å²) in [6, 6.07) is 1.76. The standard InChI is InChI=1S/C12H16N2O2S/c1-17-9-3-2-8(6-9)14-12(16)10-4-5-13-7-11(10)15/h4-5,7-9,15H,2-3,6H2,1H3,(H,14,16). The van der Waals surface area contributed by atoms with Gasteiger partial charge in [0.2, 0.25) is 0 Å². The highest BCUT2D eigenvalue weighted by Gasteiger charge is 2.25. The summed E-state index contributed by atoms with van der Waals surface area (Å²) in [5.41, 5.74) is 0.299. The SMILES string of the molecule is CSC1CCC(NC(=O)c2ccncc2O)C1. The van der Waals surface area contributed by atoms with Gasteiger partial charge in [-0.25, -0.2) is 0 Å². The number of amides is 1. The lowest BCUT2D eigenvalue weighted by Gasteiger charge is -2.13. The van der Waals surface area contributed by atoms with Crippen molar-refractivity contribution < 1.29 is 9.90 Å². The van der Waals surface area contributed by atoms with E-state index in [-0.39, 0.29) is 17.7 Å². The molecule has 0 aromatic carbocycles. The van der Waals surface area contributed by atoms with Crippen LogP contribution in [0.4, 0.5) is 0 Å². The first-order chi connectivity index (χ1) is 8.20. The van der Waals surface area contributed by atoms with Crippen LogP contribution in [0.3, 0.4) is 0 Å². The molecule has 92 valence electrons. The van der Waals surface area contributed by atoms with Gasteiger partial charge in [0.15, 0.2) is 0 Å². The highest BCUT2D eigenvalue weighted by atomic mass is 32.2. The van der Waals surface area contributed by atoms with E-state index >= 15 is 0 Å². The third-order valence-corrected chi connectivity index (χ3v) is 4.19. The number of nitrogens with zero attached hydrogens (tertiary/aromatic N) is 1. The predicted molar refractivity (Wildman–Crippen MR) is 68.3 cm³/mol. The molecule has 2 atom stereocenters. The van der Waals surface area contributed by atoms with Gasteiger partial charge in [0, 0.05) is 17.5 Å². The maximum atomic E-state index is 11.9. The molecule has 0 bridgehead atoms. The second-order valence-corrected chi connectivity index (χ2v) is 5.37. The molecule has 1 aliphatic rings. The molecule has 2 rings (SSSR count). The fourth-order valence-corrected chi connectivity index (χ4v) is 2.92. The second kappa shape index (κ2) is 5.40. The number of hydrogen-bond acceptors (Lipinski definition) is 4. The van der Waals surface area contributed by atoms with Crippen LogP contribution < -0.4 is 5.32 Å². The van der Waals surface area contributed by atoms with E-state index in [1.807, 2.05) is 11.8 Å². The Morgan fingerprint density at radius 2 is 2.41 bits per heavy atom. The Morgan fingerprint density at radius 3 is 3.06 bits per heavy atom. The predicted octanol–water partition coefficient (Wildman–Crippen LogP) is 1.80. The van der Waals surface area contributed by atoms with Crippen LogP contribution in [0.5, 0.6) is 5.75 Å². The zero-order valence-corrected chi connectivity index (χ0v) is 10.5. The van der Waals surface area contributed by atoms with Gasteiger partial charge in [-0.05, 0) is 31.6 Å². The lowest BCUT2D eigenvalue weighted by atomic mass is 10.2. The van der Waals surface area contributed by atoms with Crippen LogP contribution >= 0.6 is 11.8 Å². The van der Waals surface area contributed by atoms with E-state index in [4.69, 9.17) is 0 Å². The summed E-state index contributed by atoms with van der Waals surface area (Å²) in [7, 11) is 0. The minimum atomic E-state index is -0.211. The minimum absolute atomic E-state index is 0.0654. The van der Waals surface area contributed by atoms with Gasteiger partial charge in [0.05, 0.1) is 11.8 Å². The number of aromatic nitrogens is 1. The number of aromatic hydroxyl groups is 1. The Hall–Kier alpha value is -1.23. The van der Waals surface area contributed by atoms with Gasteiger partial charge < -0.3 is 10.4 Å². The van der Waals surface area contributed by atoms with Crippen LogP contribution in [-0.4, -0.2) is 33.5 Å². The summed E-state index contributed by atoms with van der Waals surface area (Å²) in [4.78, 5) is 15.7. The summed E-state index contributed by atoms with van der Waals surface area (Å²) in [6.07, 6.45) is 8.07. The lowest BCUT2D eigenvalue weighted by Crippen LogP contribution is -2.33. The smallest absolute Gasteiger partial charge is 0.255 e. The van der Waals surface area contributed by atoms with E-state index in [1.165, 1.54) is 18.5 Å². The maximum Gasteiger partial charge on any atom is 0.255 e. The van der Waals surface area contributed by atoms with E-state index in [9.17, 15) is 9.90 Å². The molecule has 2 unspecified atom stereocenters. The molecule has 1 amide bonds. The quantitative estimate of drug-likeness (QED) is 0.861. The van der Waals surface area contributed by atoms with Gasteiger partial charge >= 0.3 is 0 Å². The Labute approximate surface area is 105 Å². The number of rotatable bonds is 3. The summed E-state index contributed by atoms with van der Waals surface area (Å²) in [5, 5.41) is 13.1. The first kappa shape index (κ1) is 12.2. The maximum absolute atomic E-state index is 11.9. The van der Waals surface area contributed by atoms with Crippen molar-refractivity contribution in [2.75, 3.05) is 6.26 Å². The first-order valence-corrected chi connectivity index (χ1v) is 6.96. The number of carbonyl (C=O) groups is 1. The molecule has 1 aromatic heterocycles. The van der Waals surface area contributed by atoms with Crippen LogP contribution in [0, 0.1) is 0 Å². The Morgan fingerprint density at radius 1 is 1.59 bits per heavy atom. The van der Waals surface area contributed by atoms with Crippen LogP contribution in [0.15, 0.2) is 18.5 Å². The van der Waals surface area contributed by atoms with Gasteiger partial charge in [-0.3, -0.25) is 9.78 Å².